The minimum Gasteiger partial charge on any atom is -0.490 e. The number of nitrogens with one attached hydrogen (secondary N) is 1. The fourth-order valence-electron chi connectivity index (χ4n) is 2.16. The SMILES string of the molecule is CCN(CC)CCOc1ccc(C)nc1CNCC(C)C. The van der Waals surface area contributed by atoms with E-state index < -0.39 is 0 Å². The monoisotopic (exact) mass is 293 g/mol. The van der Waals surface area contributed by atoms with Gasteiger partial charge in [0, 0.05) is 18.8 Å². The third kappa shape index (κ3) is 6.91. The molecule has 4 nitrogen and oxygen atoms in total. The Labute approximate surface area is 129 Å². The lowest BCUT2D eigenvalue weighted by molar-refractivity contribution is 0.220. The van der Waals surface area contributed by atoms with Gasteiger partial charge in [0.1, 0.15) is 12.4 Å². The van der Waals surface area contributed by atoms with Gasteiger partial charge in [-0.15, -0.1) is 0 Å². The summed E-state index contributed by atoms with van der Waals surface area (Å²) in [5, 5.41) is 3.44. The predicted octanol–water partition coefficient (Wildman–Crippen LogP) is 2.86. The fraction of sp³-hybridized carbons (Fsp3) is 0.706. The molecular formula is C17H31N3O. The molecule has 0 radical (unpaired) electrons. The second-order valence-corrected chi connectivity index (χ2v) is 5.80. The first kappa shape index (κ1) is 17.9. The Morgan fingerprint density at radius 3 is 2.57 bits per heavy atom. The molecule has 0 aromatic carbocycles. The van der Waals surface area contributed by atoms with Crippen LogP contribution in [0.25, 0.3) is 0 Å². The van der Waals surface area contributed by atoms with Crippen molar-refractivity contribution in [3.05, 3.63) is 23.5 Å². The largest absolute Gasteiger partial charge is 0.490 e. The van der Waals surface area contributed by atoms with Crippen LogP contribution in [0.5, 0.6) is 5.75 Å². The molecule has 0 bridgehead atoms. The molecule has 0 aliphatic rings. The summed E-state index contributed by atoms with van der Waals surface area (Å²) < 4.78 is 5.94. The van der Waals surface area contributed by atoms with Crippen molar-refractivity contribution in [3.63, 3.8) is 0 Å². The Morgan fingerprint density at radius 2 is 1.95 bits per heavy atom. The molecule has 0 spiro atoms. The smallest absolute Gasteiger partial charge is 0.142 e. The number of hydrogen-bond acceptors (Lipinski definition) is 4. The Hall–Kier alpha value is -1.13. The van der Waals surface area contributed by atoms with Crippen molar-refractivity contribution >= 4 is 0 Å². The normalized spacial score (nSPS) is 11.4. The molecule has 21 heavy (non-hydrogen) atoms. The molecule has 0 saturated heterocycles. The molecule has 1 aromatic heterocycles. The molecule has 1 rings (SSSR count). The second kappa shape index (κ2) is 9.74. The first-order chi connectivity index (χ1) is 10.1. The van der Waals surface area contributed by atoms with Gasteiger partial charge in [-0.1, -0.05) is 27.7 Å². The summed E-state index contributed by atoms with van der Waals surface area (Å²) in [7, 11) is 0. The van der Waals surface area contributed by atoms with Gasteiger partial charge in [-0.2, -0.15) is 0 Å². The highest BCUT2D eigenvalue weighted by Crippen LogP contribution is 2.17. The van der Waals surface area contributed by atoms with E-state index in [9.17, 15) is 0 Å². The average Bonchev–Trinajstić information content (AvgIpc) is 2.45. The molecule has 1 aromatic rings. The Morgan fingerprint density at radius 1 is 1.24 bits per heavy atom. The zero-order valence-electron chi connectivity index (χ0n) is 14.3. The quantitative estimate of drug-likeness (QED) is 0.720. The van der Waals surface area contributed by atoms with Gasteiger partial charge >= 0.3 is 0 Å². The maximum atomic E-state index is 5.94. The van der Waals surface area contributed by atoms with Crippen LogP contribution in [0, 0.1) is 12.8 Å². The molecule has 4 heteroatoms. The van der Waals surface area contributed by atoms with Crippen molar-refractivity contribution in [2.45, 2.75) is 41.2 Å². The molecule has 0 fully saturated rings. The number of aromatic nitrogens is 1. The van der Waals surface area contributed by atoms with E-state index in [1.54, 1.807) is 0 Å². The molecule has 120 valence electrons. The van der Waals surface area contributed by atoms with Crippen LogP contribution in [0.2, 0.25) is 0 Å². The topological polar surface area (TPSA) is 37.4 Å². The van der Waals surface area contributed by atoms with Crippen LogP contribution in [0.15, 0.2) is 12.1 Å². The standard InChI is InChI=1S/C17H31N3O/c1-6-20(7-2)10-11-21-17-9-8-15(5)19-16(17)13-18-12-14(3)4/h8-9,14,18H,6-7,10-13H2,1-5H3. The summed E-state index contributed by atoms with van der Waals surface area (Å²) in [5.74, 6) is 1.55. The van der Waals surface area contributed by atoms with Gasteiger partial charge in [0.05, 0.1) is 5.69 Å². The summed E-state index contributed by atoms with van der Waals surface area (Å²) in [6.07, 6.45) is 0. The van der Waals surface area contributed by atoms with Gasteiger partial charge in [0.2, 0.25) is 0 Å². The van der Waals surface area contributed by atoms with E-state index >= 15 is 0 Å². The van der Waals surface area contributed by atoms with Crippen LogP contribution in [0.4, 0.5) is 0 Å². The lowest BCUT2D eigenvalue weighted by Gasteiger charge is -2.19. The second-order valence-electron chi connectivity index (χ2n) is 5.80. The molecule has 0 amide bonds. The highest BCUT2D eigenvalue weighted by atomic mass is 16.5. The maximum absolute atomic E-state index is 5.94. The van der Waals surface area contributed by atoms with Gasteiger partial charge < -0.3 is 15.0 Å². The fourth-order valence-corrected chi connectivity index (χ4v) is 2.16. The minimum atomic E-state index is 0.641. The number of rotatable bonds is 10. The molecule has 0 atom stereocenters. The van der Waals surface area contributed by atoms with Crippen molar-refractivity contribution in [2.24, 2.45) is 5.92 Å². The van der Waals surface area contributed by atoms with Gasteiger partial charge in [0.15, 0.2) is 0 Å². The van der Waals surface area contributed by atoms with Crippen LogP contribution in [0.3, 0.4) is 0 Å². The van der Waals surface area contributed by atoms with E-state index in [-0.39, 0.29) is 0 Å². The van der Waals surface area contributed by atoms with Crippen LogP contribution in [-0.2, 0) is 6.54 Å². The summed E-state index contributed by atoms with van der Waals surface area (Å²) in [5.41, 5.74) is 2.04. The van der Waals surface area contributed by atoms with E-state index in [0.717, 1.165) is 49.9 Å². The summed E-state index contributed by atoms with van der Waals surface area (Å²) in [6, 6.07) is 4.05. The summed E-state index contributed by atoms with van der Waals surface area (Å²) >= 11 is 0. The first-order valence-electron chi connectivity index (χ1n) is 8.09. The van der Waals surface area contributed by atoms with Crippen molar-refractivity contribution in [1.82, 2.24) is 15.2 Å². The van der Waals surface area contributed by atoms with Gasteiger partial charge in [-0.25, -0.2) is 0 Å². The molecule has 0 aliphatic carbocycles. The molecule has 0 unspecified atom stereocenters. The third-order valence-corrected chi connectivity index (χ3v) is 3.48. The Kier molecular flexibility index (Phi) is 8.31. The van der Waals surface area contributed by atoms with Crippen molar-refractivity contribution in [2.75, 3.05) is 32.8 Å². The zero-order valence-corrected chi connectivity index (χ0v) is 14.3. The summed E-state index contributed by atoms with van der Waals surface area (Å²) in [4.78, 5) is 6.97. The van der Waals surface area contributed by atoms with E-state index in [1.165, 1.54) is 0 Å². The number of aryl methyl sites for hydroxylation is 1. The number of ether oxygens (including phenoxy) is 1. The average molecular weight is 293 g/mol. The van der Waals surface area contributed by atoms with E-state index in [4.69, 9.17) is 4.74 Å². The van der Waals surface area contributed by atoms with Crippen LogP contribution in [-0.4, -0.2) is 42.7 Å². The highest BCUT2D eigenvalue weighted by molar-refractivity contribution is 5.29. The third-order valence-electron chi connectivity index (χ3n) is 3.48. The van der Waals surface area contributed by atoms with Gasteiger partial charge in [-0.05, 0) is 44.6 Å². The van der Waals surface area contributed by atoms with Crippen molar-refractivity contribution < 1.29 is 4.74 Å². The molecular weight excluding hydrogens is 262 g/mol. The summed E-state index contributed by atoms with van der Waals surface area (Å²) in [6.45, 7) is 16.3. The van der Waals surface area contributed by atoms with E-state index in [1.807, 2.05) is 19.1 Å². The number of likely N-dealkylation sites (N-methyl/N-ethyl adjacent to an activating group) is 1. The highest BCUT2D eigenvalue weighted by Gasteiger charge is 2.07. The van der Waals surface area contributed by atoms with Crippen LogP contribution < -0.4 is 10.1 Å². The Balaban J connectivity index is 2.55. The molecule has 1 N–H and O–H groups in total. The maximum Gasteiger partial charge on any atom is 0.142 e. The Bertz CT molecular complexity index is 403. The van der Waals surface area contributed by atoms with E-state index in [2.05, 4.69) is 42.9 Å². The molecule has 1 heterocycles. The number of hydrogen-bond donors (Lipinski definition) is 1. The predicted molar refractivity (Wildman–Crippen MR) is 88.8 cm³/mol. The van der Waals surface area contributed by atoms with Crippen molar-refractivity contribution in [3.8, 4) is 5.75 Å². The molecule has 0 saturated carbocycles. The van der Waals surface area contributed by atoms with Gasteiger partial charge in [0.25, 0.3) is 0 Å². The lowest BCUT2D eigenvalue weighted by atomic mass is 10.2. The van der Waals surface area contributed by atoms with Gasteiger partial charge in [-0.3, -0.25) is 4.98 Å². The number of pyridine rings is 1. The van der Waals surface area contributed by atoms with E-state index in [0.29, 0.717) is 12.5 Å². The molecule has 0 aliphatic heterocycles. The minimum absolute atomic E-state index is 0.641. The van der Waals surface area contributed by atoms with Crippen LogP contribution >= 0.6 is 0 Å². The van der Waals surface area contributed by atoms with Crippen molar-refractivity contribution in [1.29, 1.82) is 0 Å². The lowest BCUT2D eigenvalue weighted by Crippen LogP contribution is -2.28. The zero-order chi connectivity index (χ0) is 15.7. The first-order valence-corrected chi connectivity index (χ1v) is 8.09. The van der Waals surface area contributed by atoms with Crippen LogP contribution in [0.1, 0.15) is 39.1 Å². The number of nitrogens with zero attached hydrogens (tertiary/aromatic N) is 2.